The van der Waals surface area contributed by atoms with E-state index in [0.29, 0.717) is 24.7 Å². The fourth-order valence-corrected chi connectivity index (χ4v) is 1.18. The van der Waals surface area contributed by atoms with Crippen molar-refractivity contribution in [3.05, 3.63) is 36.2 Å². The van der Waals surface area contributed by atoms with Crippen LogP contribution in [0.15, 0.2) is 34.9 Å². The lowest BCUT2D eigenvalue weighted by Gasteiger charge is -1.90. The molecule has 0 spiro atoms. The van der Waals surface area contributed by atoms with E-state index in [2.05, 4.69) is 10.1 Å². The first kappa shape index (κ1) is 8.90. The van der Waals surface area contributed by atoms with Crippen LogP contribution in [0.4, 0.5) is 0 Å². The summed E-state index contributed by atoms with van der Waals surface area (Å²) in [5.41, 5.74) is 6.32. The average Bonchev–Trinajstić information content (AvgIpc) is 2.68. The third kappa shape index (κ3) is 1.80. The van der Waals surface area contributed by atoms with E-state index in [-0.39, 0.29) is 0 Å². The van der Waals surface area contributed by atoms with Crippen molar-refractivity contribution in [1.82, 2.24) is 10.1 Å². The van der Waals surface area contributed by atoms with Gasteiger partial charge in [-0.05, 0) is 18.7 Å². The Morgan fingerprint density at radius 1 is 1.21 bits per heavy atom. The Kier molecular flexibility index (Phi) is 2.55. The molecular weight excluding hydrogens is 178 g/mol. The molecule has 2 N–H and O–H groups in total. The third-order valence-electron chi connectivity index (χ3n) is 1.86. The quantitative estimate of drug-likeness (QED) is 0.788. The molecule has 0 bridgehead atoms. The van der Waals surface area contributed by atoms with Crippen LogP contribution in [0.25, 0.3) is 11.5 Å². The van der Waals surface area contributed by atoms with E-state index in [0.717, 1.165) is 5.56 Å². The maximum Gasteiger partial charge on any atom is 0.257 e. The second-order valence-corrected chi connectivity index (χ2v) is 2.92. The van der Waals surface area contributed by atoms with Crippen LogP contribution in [0.1, 0.15) is 5.82 Å². The summed E-state index contributed by atoms with van der Waals surface area (Å²) in [7, 11) is 0. The van der Waals surface area contributed by atoms with Gasteiger partial charge in [0.2, 0.25) is 0 Å². The van der Waals surface area contributed by atoms with Crippen molar-refractivity contribution in [2.75, 3.05) is 6.54 Å². The lowest BCUT2D eigenvalue weighted by Crippen LogP contribution is -2.03. The fraction of sp³-hybridized carbons (Fsp3) is 0.200. The Bertz CT molecular complexity index is 397. The van der Waals surface area contributed by atoms with Crippen LogP contribution in [0.5, 0.6) is 0 Å². The number of nitrogens with two attached hydrogens (primary N) is 1. The van der Waals surface area contributed by atoms with Gasteiger partial charge in [-0.1, -0.05) is 23.4 Å². The van der Waals surface area contributed by atoms with Crippen molar-refractivity contribution < 1.29 is 4.52 Å². The Morgan fingerprint density at radius 2 is 2.00 bits per heavy atom. The number of benzene rings is 1. The van der Waals surface area contributed by atoms with Gasteiger partial charge in [-0.25, -0.2) is 0 Å². The monoisotopic (exact) mass is 189 g/mol. The average molecular weight is 189 g/mol. The minimum absolute atomic E-state index is 0.535. The predicted octanol–water partition coefficient (Wildman–Crippen LogP) is 1.24. The number of nitrogens with zero attached hydrogens (tertiary/aromatic N) is 2. The number of hydrogen-bond acceptors (Lipinski definition) is 4. The van der Waals surface area contributed by atoms with Gasteiger partial charge in [0.25, 0.3) is 5.89 Å². The molecule has 4 heteroatoms. The van der Waals surface area contributed by atoms with Gasteiger partial charge in [-0.15, -0.1) is 0 Å². The molecule has 2 rings (SSSR count). The van der Waals surface area contributed by atoms with Crippen molar-refractivity contribution in [2.45, 2.75) is 6.42 Å². The second-order valence-electron chi connectivity index (χ2n) is 2.92. The third-order valence-corrected chi connectivity index (χ3v) is 1.86. The van der Waals surface area contributed by atoms with E-state index in [1.807, 2.05) is 30.3 Å². The first-order chi connectivity index (χ1) is 6.90. The standard InChI is InChI=1S/C10H11N3O/c11-7-6-9-12-10(14-13-9)8-4-2-1-3-5-8/h1-5H,6-7,11H2. The molecule has 0 unspecified atom stereocenters. The molecule has 72 valence electrons. The molecule has 1 heterocycles. The zero-order valence-electron chi connectivity index (χ0n) is 7.68. The van der Waals surface area contributed by atoms with Crippen molar-refractivity contribution in [3.63, 3.8) is 0 Å². The second kappa shape index (κ2) is 4.02. The number of aromatic nitrogens is 2. The topological polar surface area (TPSA) is 64.9 Å². The van der Waals surface area contributed by atoms with Gasteiger partial charge in [0.05, 0.1) is 0 Å². The summed E-state index contributed by atoms with van der Waals surface area (Å²) in [4.78, 5) is 4.21. The van der Waals surface area contributed by atoms with Crippen LogP contribution in [0.3, 0.4) is 0 Å². The molecule has 4 nitrogen and oxygen atoms in total. The van der Waals surface area contributed by atoms with Gasteiger partial charge in [0.15, 0.2) is 5.82 Å². The van der Waals surface area contributed by atoms with E-state index < -0.39 is 0 Å². The van der Waals surface area contributed by atoms with Crippen molar-refractivity contribution in [3.8, 4) is 11.5 Å². The minimum Gasteiger partial charge on any atom is -0.334 e. The normalized spacial score (nSPS) is 10.4. The summed E-state index contributed by atoms with van der Waals surface area (Å²) in [6.07, 6.45) is 0.649. The van der Waals surface area contributed by atoms with Crippen LogP contribution < -0.4 is 5.73 Å². The van der Waals surface area contributed by atoms with Crippen LogP contribution in [-0.4, -0.2) is 16.7 Å². The lowest BCUT2D eigenvalue weighted by atomic mass is 10.2. The highest BCUT2D eigenvalue weighted by atomic mass is 16.5. The van der Waals surface area contributed by atoms with E-state index in [1.165, 1.54) is 0 Å². The SMILES string of the molecule is NCCc1noc(-c2ccccc2)n1. The maximum absolute atomic E-state index is 5.39. The fourth-order valence-electron chi connectivity index (χ4n) is 1.18. The van der Waals surface area contributed by atoms with E-state index in [1.54, 1.807) is 0 Å². The highest BCUT2D eigenvalue weighted by Crippen LogP contribution is 2.15. The van der Waals surface area contributed by atoms with E-state index >= 15 is 0 Å². The molecule has 0 amide bonds. The molecule has 2 aromatic rings. The van der Waals surface area contributed by atoms with Gasteiger partial charge in [0, 0.05) is 12.0 Å². The molecule has 0 aliphatic carbocycles. The molecule has 0 saturated heterocycles. The lowest BCUT2D eigenvalue weighted by molar-refractivity contribution is 0.422. The van der Waals surface area contributed by atoms with Crippen LogP contribution in [-0.2, 0) is 6.42 Å². The summed E-state index contributed by atoms with van der Waals surface area (Å²) in [5, 5.41) is 3.82. The molecule has 0 aliphatic heterocycles. The van der Waals surface area contributed by atoms with Gasteiger partial charge in [0.1, 0.15) is 0 Å². The zero-order valence-corrected chi connectivity index (χ0v) is 7.68. The van der Waals surface area contributed by atoms with E-state index in [9.17, 15) is 0 Å². The highest BCUT2D eigenvalue weighted by molar-refractivity contribution is 5.51. The van der Waals surface area contributed by atoms with Gasteiger partial charge in [-0.3, -0.25) is 0 Å². The van der Waals surface area contributed by atoms with Gasteiger partial charge >= 0.3 is 0 Å². The molecule has 1 aromatic carbocycles. The number of hydrogen-bond donors (Lipinski definition) is 1. The predicted molar refractivity (Wildman–Crippen MR) is 52.5 cm³/mol. The van der Waals surface area contributed by atoms with E-state index in [4.69, 9.17) is 10.3 Å². The maximum atomic E-state index is 5.39. The first-order valence-corrected chi connectivity index (χ1v) is 4.48. The van der Waals surface area contributed by atoms with Gasteiger partial charge in [-0.2, -0.15) is 4.98 Å². The first-order valence-electron chi connectivity index (χ1n) is 4.48. The molecule has 0 aliphatic rings. The molecular formula is C10H11N3O. The zero-order chi connectivity index (χ0) is 9.80. The number of rotatable bonds is 3. The van der Waals surface area contributed by atoms with Crippen molar-refractivity contribution in [1.29, 1.82) is 0 Å². The van der Waals surface area contributed by atoms with Crippen LogP contribution in [0, 0.1) is 0 Å². The molecule has 1 aromatic heterocycles. The molecule has 0 saturated carbocycles. The van der Waals surface area contributed by atoms with Crippen LogP contribution >= 0.6 is 0 Å². The summed E-state index contributed by atoms with van der Waals surface area (Å²) >= 11 is 0. The van der Waals surface area contributed by atoms with Gasteiger partial charge < -0.3 is 10.3 Å². The molecule has 0 fully saturated rings. The summed E-state index contributed by atoms with van der Waals surface area (Å²) in [5.74, 6) is 1.21. The van der Waals surface area contributed by atoms with Crippen LogP contribution in [0.2, 0.25) is 0 Å². The highest BCUT2D eigenvalue weighted by Gasteiger charge is 2.06. The minimum atomic E-state index is 0.535. The van der Waals surface area contributed by atoms with Crippen molar-refractivity contribution >= 4 is 0 Å². The molecule has 14 heavy (non-hydrogen) atoms. The summed E-state index contributed by atoms with van der Waals surface area (Å²) in [6, 6.07) is 9.67. The Labute approximate surface area is 81.7 Å². The van der Waals surface area contributed by atoms with Crippen molar-refractivity contribution in [2.24, 2.45) is 5.73 Å². The Hall–Kier alpha value is -1.68. The summed E-state index contributed by atoms with van der Waals surface area (Å²) < 4.78 is 5.09. The molecule has 0 radical (unpaired) electrons. The Morgan fingerprint density at radius 3 is 2.71 bits per heavy atom. The summed E-state index contributed by atoms with van der Waals surface area (Å²) in [6.45, 7) is 0.535. The largest absolute Gasteiger partial charge is 0.334 e. The smallest absolute Gasteiger partial charge is 0.257 e. The Balaban J connectivity index is 2.25. The molecule has 0 atom stereocenters.